The van der Waals surface area contributed by atoms with Crippen molar-refractivity contribution >= 4 is 18.3 Å². The van der Waals surface area contributed by atoms with Gasteiger partial charge in [-0.2, -0.15) is 12.6 Å². The van der Waals surface area contributed by atoms with Crippen LogP contribution < -0.4 is 4.74 Å². The van der Waals surface area contributed by atoms with Gasteiger partial charge in [0.2, 0.25) is 0 Å². The standard InChI is InChI=1S/C10H13NO3S/c12-11(13)9-5-1-2-6-10(9)14-7-3-4-8-15/h1-2,5-6,15H,3-4,7-8H2. The zero-order valence-electron chi connectivity index (χ0n) is 8.26. The van der Waals surface area contributed by atoms with Crippen molar-refractivity contribution < 1.29 is 9.66 Å². The van der Waals surface area contributed by atoms with E-state index >= 15 is 0 Å². The summed E-state index contributed by atoms with van der Waals surface area (Å²) < 4.78 is 5.32. The summed E-state index contributed by atoms with van der Waals surface area (Å²) in [6.07, 6.45) is 1.80. The van der Waals surface area contributed by atoms with Crippen LogP contribution in [0.4, 0.5) is 5.69 Å². The van der Waals surface area contributed by atoms with E-state index in [1.54, 1.807) is 18.2 Å². The SMILES string of the molecule is O=[N+]([O-])c1ccccc1OCCCCS. The molecular formula is C10H13NO3S. The van der Waals surface area contributed by atoms with Gasteiger partial charge in [-0.1, -0.05) is 12.1 Å². The van der Waals surface area contributed by atoms with Gasteiger partial charge in [0.05, 0.1) is 11.5 Å². The summed E-state index contributed by atoms with van der Waals surface area (Å²) in [4.78, 5) is 10.2. The van der Waals surface area contributed by atoms with Crippen molar-refractivity contribution in [2.24, 2.45) is 0 Å². The van der Waals surface area contributed by atoms with Gasteiger partial charge in [0, 0.05) is 6.07 Å². The highest BCUT2D eigenvalue weighted by Crippen LogP contribution is 2.25. The molecule has 1 rings (SSSR count). The lowest BCUT2D eigenvalue weighted by Crippen LogP contribution is -2.00. The van der Waals surface area contributed by atoms with Gasteiger partial charge < -0.3 is 4.74 Å². The molecule has 5 heteroatoms. The molecule has 0 aliphatic carbocycles. The van der Waals surface area contributed by atoms with E-state index < -0.39 is 4.92 Å². The molecule has 0 saturated heterocycles. The molecule has 0 radical (unpaired) electrons. The maximum absolute atomic E-state index is 10.6. The van der Waals surface area contributed by atoms with Crippen LogP contribution >= 0.6 is 12.6 Å². The minimum absolute atomic E-state index is 0.0170. The fourth-order valence-electron chi connectivity index (χ4n) is 1.13. The lowest BCUT2D eigenvalue weighted by Gasteiger charge is -2.05. The van der Waals surface area contributed by atoms with Crippen LogP contribution in [0.3, 0.4) is 0 Å². The van der Waals surface area contributed by atoms with Gasteiger partial charge in [-0.3, -0.25) is 10.1 Å². The Labute approximate surface area is 93.8 Å². The molecule has 0 aromatic heterocycles. The van der Waals surface area contributed by atoms with Crippen molar-refractivity contribution in [1.82, 2.24) is 0 Å². The highest BCUT2D eigenvalue weighted by Gasteiger charge is 2.12. The third-order valence-electron chi connectivity index (χ3n) is 1.87. The first-order chi connectivity index (χ1) is 7.25. The molecule has 0 atom stereocenters. The number of thiol groups is 1. The van der Waals surface area contributed by atoms with Crippen LogP contribution in [0, 0.1) is 10.1 Å². The summed E-state index contributed by atoms with van der Waals surface area (Å²) >= 11 is 4.07. The third-order valence-corrected chi connectivity index (χ3v) is 2.19. The van der Waals surface area contributed by atoms with Crippen LogP contribution in [0.2, 0.25) is 0 Å². The molecule has 0 spiro atoms. The first-order valence-corrected chi connectivity index (χ1v) is 5.36. The van der Waals surface area contributed by atoms with Crippen LogP contribution in [-0.4, -0.2) is 17.3 Å². The Bertz CT molecular complexity index is 330. The molecule has 0 amide bonds. The minimum Gasteiger partial charge on any atom is -0.487 e. The van der Waals surface area contributed by atoms with Gasteiger partial charge >= 0.3 is 5.69 Å². The van der Waals surface area contributed by atoms with Crippen LogP contribution in [0.25, 0.3) is 0 Å². The summed E-state index contributed by atoms with van der Waals surface area (Å²) in [5.41, 5.74) is 0.0170. The number of nitrogens with zero attached hydrogens (tertiary/aromatic N) is 1. The molecule has 15 heavy (non-hydrogen) atoms. The zero-order chi connectivity index (χ0) is 11.1. The number of unbranched alkanes of at least 4 members (excludes halogenated alkanes) is 1. The van der Waals surface area contributed by atoms with Gasteiger partial charge in [0.25, 0.3) is 0 Å². The van der Waals surface area contributed by atoms with Gasteiger partial charge in [-0.25, -0.2) is 0 Å². The summed E-state index contributed by atoms with van der Waals surface area (Å²) in [6, 6.07) is 6.40. The zero-order valence-corrected chi connectivity index (χ0v) is 9.15. The van der Waals surface area contributed by atoms with Crippen LogP contribution in [0.5, 0.6) is 5.75 Å². The van der Waals surface area contributed by atoms with Gasteiger partial charge in [-0.15, -0.1) is 0 Å². The number of nitro groups is 1. The summed E-state index contributed by atoms with van der Waals surface area (Å²) in [5.74, 6) is 1.14. The maximum Gasteiger partial charge on any atom is 0.310 e. The number of rotatable bonds is 6. The third kappa shape index (κ3) is 3.79. The fourth-order valence-corrected chi connectivity index (χ4v) is 1.35. The lowest BCUT2D eigenvalue weighted by molar-refractivity contribution is -0.385. The quantitative estimate of drug-likeness (QED) is 0.352. The first kappa shape index (κ1) is 11.8. The van der Waals surface area contributed by atoms with E-state index in [4.69, 9.17) is 4.74 Å². The van der Waals surface area contributed by atoms with E-state index in [0.717, 1.165) is 18.6 Å². The predicted octanol–water partition coefficient (Wildman–Crippen LogP) is 2.68. The normalized spacial score (nSPS) is 9.93. The van der Waals surface area contributed by atoms with Crippen LogP contribution in [-0.2, 0) is 0 Å². The second-order valence-electron chi connectivity index (χ2n) is 3.00. The minimum atomic E-state index is -0.437. The Balaban J connectivity index is 2.56. The highest BCUT2D eigenvalue weighted by molar-refractivity contribution is 7.80. The molecule has 0 N–H and O–H groups in total. The maximum atomic E-state index is 10.6. The van der Waals surface area contributed by atoms with Gasteiger partial charge in [0.15, 0.2) is 5.75 Å². The number of ether oxygens (including phenoxy) is 1. The van der Waals surface area contributed by atoms with E-state index in [1.165, 1.54) is 6.07 Å². The van der Waals surface area contributed by atoms with E-state index in [0.29, 0.717) is 12.4 Å². The summed E-state index contributed by atoms with van der Waals surface area (Å²) in [5, 5.41) is 10.6. The van der Waals surface area contributed by atoms with Crippen molar-refractivity contribution in [3.8, 4) is 5.75 Å². The largest absolute Gasteiger partial charge is 0.487 e. The smallest absolute Gasteiger partial charge is 0.310 e. The molecule has 82 valence electrons. The number of nitro benzene ring substituents is 1. The Morgan fingerprint density at radius 1 is 1.33 bits per heavy atom. The molecule has 1 aromatic rings. The van der Waals surface area contributed by atoms with Crippen molar-refractivity contribution in [3.05, 3.63) is 34.4 Å². The molecular weight excluding hydrogens is 214 g/mol. The second-order valence-corrected chi connectivity index (χ2v) is 3.45. The van der Waals surface area contributed by atoms with Crippen molar-refractivity contribution in [1.29, 1.82) is 0 Å². The van der Waals surface area contributed by atoms with E-state index in [1.807, 2.05) is 0 Å². The van der Waals surface area contributed by atoms with Crippen LogP contribution in [0.15, 0.2) is 24.3 Å². The fraction of sp³-hybridized carbons (Fsp3) is 0.400. The van der Waals surface area contributed by atoms with E-state index in [-0.39, 0.29) is 5.69 Å². The number of benzene rings is 1. The number of hydrogen-bond acceptors (Lipinski definition) is 4. The lowest BCUT2D eigenvalue weighted by atomic mass is 10.3. The Hall–Kier alpha value is -1.23. The molecule has 1 aromatic carbocycles. The molecule has 0 saturated carbocycles. The molecule has 0 heterocycles. The molecule has 4 nitrogen and oxygen atoms in total. The van der Waals surface area contributed by atoms with E-state index in [9.17, 15) is 10.1 Å². The van der Waals surface area contributed by atoms with Crippen LogP contribution in [0.1, 0.15) is 12.8 Å². The van der Waals surface area contributed by atoms with E-state index in [2.05, 4.69) is 12.6 Å². The van der Waals surface area contributed by atoms with Gasteiger partial charge in [-0.05, 0) is 24.7 Å². The Kier molecular flexibility index (Phi) is 4.97. The molecule has 0 unspecified atom stereocenters. The molecule has 0 fully saturated rings. The molecule has 0 aliphatic rings. The predicted molar refractivity (Wildman–Crippen MR) is 61.7 cm³/mol. The summed E-state index contributed by atoms with van der Waals surface area (Å²) in [7, 11) is 0. The van der Waals surface area contributed by atoms with Crippen molar-refractivity contribution in [2.45, 2.75) is 12.8 Å². The van der Waals surface area contributed by atoms with Gasteiger partial charge in [0.1, 0.15) is 0 Å². The number of para-hydroxylation sites is 2. The average molecular weight is 227 g/mol. The Morgan fingerprint density at radius 3 is 2.73 bits per heavy atom. The highest BCUT2D eigenvalue weighted by atomic mass is 32.1. The second kappa shape index (κ2) is 6.29. The summed E-state index contributed by atoms with van der Waals surface area (Å²) in [6.45, 7) is 0.491. The molecule has 0 bridgehead atoms. The molecule has 0 aliphatic heterocycles. The monoisotopic (exact) mass is 227 g/mol. The average Bonchev–Trinajstić information content (AvgIpc) is 2.25. The first-order valence-electron chi connectivity index (χ1n) is 4.73. The number of hydrogen-bond donors (Lipinski definition) is 1. The van der Waals surface area contributed by atoms with Crippen molar-refractivity contribution in [3.63, 3.8) is 0 Å². The topological polar surface area (TPSA) is 52.4 Å². The van der Waals surface area contributed by atoms with Crippen molar-refractivity contribution in [2.75, 3.05) is 12.4 Å². The Morgan fingerprint density at radius 2 is 2.07 bits per heavy atom.